The van der Waals surface area contributed by atoms with Gasteiger partial charge in [-0.25, -0.2) is 0 Å². The Balaban J connectivity index is 1.42. The average Bonchev–Trinajstić information content (AvgIpc) is 2.89. The largest absolute Gasteiger partial charge is 0.423 e. The zero-order valence-corrected chi connectivity index (χ0v) is 13.1. The number of amides is 1. The molecule has 0 unspecified atom stereocenters. The van der Waals surface area contributed by atoms with Crippen LogP contribution in [0, 0.1) is 5.92 Å². The second-order valence-corrected chi connectivity index (χ2v) is 6.53. The van der Waals surface area contributed by atoms with Gasteiger partial charge >= 0.3 is 0 Å². The summed E-state index contributed by atoms with van der Waals surface area (Å²) in [7, 11) is 0. The minimum Gasteiger partial charge on any atom is -0.423 e. The maximum atomic E-state index is 12.4. The lowest BCUT2D eigenvalue weighted by atomic mass is 9.98. The number of halogens is 1. The number of benzene rings is 1. The Bertz CT molecular complexity index is 702. The van der Waals surface area contributed by atoms with Crippen LogP contribution in [0.2, 0.25) is 5.02 Å². The molecule has 1 aromatic heterocycles. The molecule has 1 aromatic carbocycles. The standard InChI is InChI=1S/C16H18ClN3O2/c17-12-4-5-14-13(8-12)18-16(22-14)20-9-11(10-20)15(21)19-6-2-1-3-7-19/h4-5,8,11H,1-3,6-7,9-10H2. The predicted molar refractivity (Wildman–Crippen MR) is 85.2 cm³/mol. The van der Waals surface area contributed by atoms with E-state index in [9.17, 15) is 4.79 Å². The fourth-order valence-electron chi connectivity index (χ4n) is 3.19. The molecule has 6 heteroatoms. The number of fused-ring (bicyclic) bond motifs is 1. The quantitative estimate of drug-likeness (QED) is 0.854. The van der Waals surface area contributed by atoms with Crippen LogP contribution < -0.4 is 4.90 Å². The molecular formula is C16H18ClN3O2. The summed E-state index contributed by atoms with van der Waals surface area (Å²) in [5.41, 5.74) is 1.48. The first-order chi connectivity index (χ1) is 10.7. The number of hydrogen-bond donors (Lipinski definition) is 0. The van der Waals surface area contributed by atoms with E-state index in [0.717, 1.165) is 37.0 Å². The van der Waals surface area contributed by atoms with Gasteiger partial charge in [0.25, 0.3) is 6.01 Å². The molecule has 3 heterocycles. The van der Waals surface area contributed by atoms with Crippen molar-refractivity contribution in [2.24, 2.45) is 5.92 Å². The van der Waals surface area contributed by atoms with Gasteiger partial charge in [0.15, 0.2) is 5.58 Å². The molecule has 1 amide bonds. The lowest BCUT2D eigenvalue weighted by Gasteiger charge is -2.40. The van der Waals surface area contributed by atoms with Crippen molar-refractivity contribution < 1.29 is 9.21 Å². The second kappa shape index (κ2) is 5.47. The van der Waals surface area contributed by atoms with Crippen LogP contribution in [0.3, 0.4) is 0 Å². The maximum Gasteiger partial charge on any atom is 0.298 e. The predicted octanol–water partition coefficient (Wildman–Crippen LogP) is 2.93. The molecule has 0 saturated carbocycles. The fraction of sp³-hybridized carbons (Fsp3) is 0.500. The Morgan fingerprint density at radius 3 is 2.77 bits per heavy atom. The Labute approximate surface area is 133 Å². The highest BCUT2D eigenvalue weighted by Crippen LogP contribution is 2.30. The summed E-state index contributed by atoms with van der Waals surface area (Å²) in [6.45, 7) is 3.21. The first-order valence-electron chi connectivity index (χ1n) is 7.80. The number of hydrogen-bond acceptors (Lipinski definition) is 4. The van der Waals surface area contributed by atoms with Crippen molar-refractivity contribution in [3.05, 3.63) is 23.2 Å². The Hall–Kier alpha value is -1.75. The van der Waals surface area contributed by atoms with E-state index in [2.05, 4.69) is 4.98 Å². The highest BCUT2D eigenvalue weighted by Gasteiger charge is 2.37. The third kappa shape index (κ3) is 2.43. The average molecular weight is 320 g/mol. The topological polar surface area (TPSA) is 49.6 Å². The molecule has 5 nitrogen and oxygen atoms in total. The number of aromatic nitrogens is 1. The lowest BCUT2D eigenvalue weighted by molar-refractivity contribution is -0.137. The maximum absolute atomic E-state index is 12.4. The minimum atomic E-state index is 0.0803. The fourth-order valence-corrected chi connectivity index (χ4v) is 3.35. The van der Waals surface area contributed by atoms with Gasteiger partial charge in [0.2, 0.25) is 5.91 Å². The number of likely N-dealkylation sites (tertiary alicyclic amines) is 1. The molecule has 22 heavy (non-hydrogen) atoms. The van der Waals surface area contributed by atoms with Crippen molar-refractivity contribution >= 4 is 34.6 Å². The summed E-state index contributed by atoms with van der Waals surface area (Å²) in [6.07, 6.45) is 3.51. The summed E-state index contributed by atoms with van der Waals surface area (Å²) < 4.78 is 5.73. The van der Waals surface area contributed by atoms with E-state index in [-0.39, 0.29) is 11.8 Å². The monoisotopic (exact) mass is 319 g/mol. The normalized spacial score (nSPS) is 19.5. The van der Waals surface area contributed by atoms with E-state index in [1.54, 1.807) is 12.1 Å². The molecule has 0 N–H and O–H groups in total. The van der Waals surface area contributed by atoms with Crippen LogP contribution in [0.15, 0.2) is 22.6 Å². The van der Waals surface area contributed by atoms with Gasteiger partial charge in [-0.3, -0.25) is 4.79 Å². The number of rotatable bonds is 2. The van der Waals surface area contributed by atoms with Crippen LogP contribution in [0.25, 0.3) is 11.1 Å². The van der Waals surface area contributed by atoms with Crippen molar-refractivity contribution in [3.8, 4) is 0 Å². The van der Waals surface area contributed by atoms with Crippen molar-refractivity contribution in [1.82, 2.24) is 9.88 Å². The SMILES string of the molecule is O=C(C1CN(c2nc3cc(Cl)ccc3o2)C1)N1CCCCC1. The van der Waals surface area contributed by atoms with Crippen molar-refractivity contribution in [3.63, 3.8) is 0 Å². The Kier molecular flexibility index (Phi) is 3.45. The highest BCUT2D eigenvalue weighted by atomic mass is 35.5. The third-order valence-corrected chi connectivity index (χ3v) is 4.74. The summed E-state index contributed by atoms with van der Waals surface area (Å²) in [4.78, 5) is 20.9. The molecular weight excluding hydrogens is 302 g/mol. The van der Waals surface area contributed by atoms with E-state index in [1.165, 1.54) is 6.42 Å². The minimum absolute atomic E-state index is 0.0803. The number of piperidine rings is 1. The highest BCUT2D eigenvalue weighted by molar-refractivity contribution is 6.31. The van der Waals surface area contributed by atoms with Gasteiger partial charge in [0.1, 0.15) is 5.52 Å². The molecule has 2 aliphatic heterocycles. The van der Waals surface area contributed by atoms with E-state index < -0.39 is 0 Å². The van der Waals surface area contributed by atoms with Crippen LogP contribution in [0.5, 0.6) is 0 Å². The van der Waals surface area contributed by atoms with Crippen molar-refractivity contribution in [2.45, 2.75) is 19.3 Å². The van der Waals surface area contributed by atoms with Gasteiger partial charge in [0, 0.05) is 31.2 Å². The number of anilines is 1. The molecule has 2 fully saturated rings. The number of oxazole rings is 1. The molecule has 4 rings (SSSR count). The van der Waals surface area contributed by atoms with E-state index in [0.29, 0.717) is 24.1 Å². The summed E-state index contributed by atoms with van der Waals surface area (Å²) in [5.74, 6) is 0.367. The van der Waals surface area contributed by atoms with Crippen LogP contribution in [-0.2, 0) is 4.79 Å². The zero-order chi connectivity index (χ0) is 15.1. The molecule has 0 spiro atoms. The lowest BCUT2D eigenvalue weighted by Crippen LogP contribution is -2.55. The van der Waals surface area contributed by atoms with Gasteiger partial charge in [-0.05, 0) is 37.5 Å². The molecule has 2 aliphatic rings. The van der Waals surface area contributed by atoms with E-state index in [4.69, 9.17) is 16.0 Å². The van der Waals surface area contributed by atoms with Crippen molar-refractivity contribution in [2.75, 3.05) is 31.1 Å². The van der Waals surface area contributed by atoms with Crippen LogP contribution >= 0.6 is 11.6 Å². The van der Waals surface area contributed by atoms with Gasteiger partial charge in [-0.2, -0.15) is 4.98 Å². The molecule has 0 atom stereocenters. The Morgan fingerprint density at radius 1 is 1.23 bits per heavy atom. The number of carbonyl (C=O) groups is 1. The molecule has 2 aromatic rings. The number of carbonyl (C=O) groups excluding carboxylic acids is 1. The zero-order valence-electron chi connectivity index (χ0n) is 12.3. The smallest absolute Gasteiger partial charge is 0.298 e. The molecule has 0 bridgehead atoms. The van der Waals surface area contributed by atoms with Gasteiger partial charge < -0.3 is 14.2 Å². The van der Waals surface area contributed by atoms with E-state index >= 15 is 0 Å². The molecule has 0 radical (unpaired) electrons. The summed E-state index contributed by atoms with van der Waals surface area (Å²) in [6, 6.07) is 5.99. The Morgan fingerprint density at radius 2 is 2.00 bits per heavy atom. The van der Waals surface area contributed by atoms with Gasteiger partial charge in [-0.15, -0.1) is 0 Å². The summed E-state index contributed by atoms with van der Waals surface area (Å²) >= 11 is 5.96. The van der Waals surface area contributed by atoms with Gasteiger partial charge in [-0.1, -0.05) is 11.6 Å². The summed E-state index contributed by atoms with van der Waals surface area (Å²) in [5, 5.41) is 0.647. The van der Waals surface area contributed by atoms with Crippen LogP contribution in [0.4, 0.5) is 6.01 Å². The first kappa shape index (κ1) is 13.9. The molecule has 0 aliphatic carbocycles. The van der Waals surface area contributed by atoms with Crippen LogP contribution in [0.1, 0.15) is 19.3 Å². The van der Waals surface area contributed by atoms with Crippen molar-refractivity contribution in [1.29, 1.82) is 0 Å². The van der Waals surface area contributed by atoms with Gasteiger partial charge in [0.05, 0.1) is 5.92 Å². The number of nitrogens with zero attached hydrogens (tertiary/aromatic N) is 3. The first-order valence-corrected chi connectivity index (χ1v) is 8.18. The molecule has 116 valence electrons. The molecule has 2 saturated heterocycles. The van der Waals surface area contributed by atoms with E-state index in [1.807, 2.05) is 15.9 Å². The third-order valence-electron chi connectivity index (χ3n) is 4.51. The van der Waals surface area contributed by atoms with Crippen LogP contribution in [-0.4, -0.2) is 42.0 Å². The second-order valence-electron chi connectivity index (χ2n) is 6.10.